The summed E-state index contributed by atoms with van der Waals surface area (Å²) in [6.07, 6.45) is 1.69. The number of aromatic nitrogens is 1. The minimum absolute atomic E-state index is 0.0660. The fourth-order valence-corrected chi connectivity index (χ4v) is 3.97. The molecule has 0 radical (unpaired) electrons. The van der Waals surface area contributed by atoms with Crippen LogP contribution < -0.4 is 5.32 Å². The normalized spacial score (nSPS) is 15.4. The summed E-state index contributed by atoms with van der Waals surface area (Å²) in [5.74, 6) is -1.15. The van der Waals surface area contributed by atoms with Gasteiger partial charge in [0.25, 0.3) is 17.1 Å². The number of halogens is 1. The highest BCUT2D eigenvalue weighted by atomic mass is 32.2. The van der Waals surface area contributed by atoms with Gasteiger partial charge >= 0.3 is 0 Å². The minimum atomic E-state index is -0.395. The summed E-state index contributed by atoms with van der Waals surface area (Å²) in [6.45, 7) is 2.15. The molecule has 8 heteroatoms. The third-order valence-electron chi connectivity index (χ3n) is 4.70. The smallest absolute Gasteiger partial charge is 0.293 e. The molecule has 0 saturated carbocycles. The first-order valence-electron chi connectivity index (χ1n) is 9.29. The van der Waals surface area contributed by atoms with E-state index in [0.29, 0.717) is 15.8 Å². The summed E-state index contributed by atoms with van der Waals surface area (Å²) in [7, 11) is 0. The van der Waals surface area contributed by atoms with Gasteiger partial charge < -0.3 is 10.3 Å². The van der Waals surface area contributed by atoms with E-state index < -0.39 is 5.91 Å². The summed E-state index contributed by atoms with van der Waals surface area (Å²) >= 11 is 0.885. The van der Waals surface area contributed by atoms with Gasteiger partial charge in [-0.15, -0.1) is 0 Å². The zero-order valence-electron chi connectivity index (χ0n) is 16.1. The molecule has 0 aliphatic carbocycles. The Hall–Kier alpha value is -3.39. The van der Waals surface area contributed by atoms with Gasteiger partial charge in [0, 0.05) is 24.0 Å². The van der Waals surface area contributed by atoms with Crippen molar-refractivity contribution in [3.05, 3.63) is 76.1 Å². The van der Waals surface area contributed by atoms with Crippen molar-refractivity contribution in [3.8, 4) is 0 Å². The Bertz CT molecular complexity index is 1180. The first-order chi connectivity index (χ1) is 14.4. The molecule has 2 N–H and O–H groups in total. The van der Waals surface area contributed by atoms with E-state index in [0.717, 1.165) is 27.8 Å². The van der Waals surface area contributed by atoms with Crippen LogP contribution in [0.1, 0.15) is 21.6 Å². The van der Waals surface area contributed by atoms with E-state index in [1.165, 1.54) is 12.1 Å². The Labute approximate surface area is 176 Å². The van der Waals surface area contributed by atoms with Crippen molar-refractivity contribution < 1.29 is 18.8 Å². The molecule has 0 atom stereocenters. The van der Waals surface area contributed by atoms with Gasteiger partial charge in [0.1, 0.15) is 11.5 Å². The highest BCUT2D eigenvalue weighted by Crippen LogP contribution is 2.31. The highest BCUT2D eigenvalue weighted by molar-refractivity contribution is 8.18. The van der Waals surface area contributed by atoms with Crippen LogP contribution in [0.5, 0.6) is 0 Å². The van der Waals surface area contributed by atoms with Gasteiger partial charge in [-0.25, -0.2) is 4.39 Å². The number of benzene rings is 2. The number of carbonyl (C=O) groups excluding carboxylic acids is 3. The quantitative estimate of drug-likeness (QED) is 0.606. The van der Waals surface area contributed by atoms with E-state index in [2.05, 4.69) is 10.3 Å². The van der Waals surface area contributed by atoms with E-state index in [4.69, 9.17) is 0 Å². The number of H-pyrrole nitrogens is 1. The first-order valence-corrected chi connectivity index (χ1v) is 10.1. The van der Waals surface area contributed by atoms with Gasteiger partial charge in [-0.1, -0.05) is 29.8 Å². The van der Waals surface area contributed by atoms with Crippen molar-refractivity contribution in [2.24, 2.45) is 0 Å². The van der Waals surface area contributed by atoms with E-state index in [-0.39, 0.29) is 35.7 Å². The fourth-order valence-electron chi connectivity index (χ4n) is 3.11. The van der Waals surface area contributed by atoms with Crippen molar-refractivity contribution in [3.63, 3.8) is 0 Å². The lowest BCUT2D eigenvalue weighted by atomic mass is 10.1. The van der Waals surface area contributed by atoms with Gasteiger partial charge in [-0.3, -0.25) is 19.3 Å². The summed E-state index contributed by atoms with van der Waals surface area (Å²) in [5, 5.41) is 2.90. The second-order valence-corrected chi connectivity index (χ2v) is 7.91. The van der Waals surface area contributed by atoms with E-state index in [1.54, 1.807) is 18.2 Å². The molecular weight excluding hydrogens is 405 g/mol. The number of aromatic amines is 1. The third kappa shape index (κ3) is 4.13. The van der Waals surface area contributed by atoms with Crippen molar-refractivity contribution in [2.45, 2.75) is 6.92 Å². The topological polar surface area (TPSA) is 82.3 Å². The maximum absolute atomic E-state index is 13.3. The standard InChI is InChI=1S/C22H18FN3O3S/c1-13-2-4-14(5-3-13)10-19-21(28)26(22(29)30-19)9-8-24-20(27)18-12-15-11-16(23)6-7-17(15)25-18/h2-7,10-12,25H,8-9H2,1H3,(H,24,27)/b19-10-. The Morgan fingerprint density at radius 2 is 1.93 bits per heavy atom. The third-order valence-corrected chi connectivity index (χ3v) is 5.60. The molecule has 0 bridgehead atoms. The Kier molecular flexibility index (Phi) is 5.41. The molecule has 4 rings (SSSR count). The summed E-state index contributed by atoms with van der Waals surface area (Å²) < 4.78 is 13.3. The van der Waals surface area contributed by atoms with Gasteiger partial charge in [-0.05, 0) is 54.6 Å². The van der Waals surface area contributed by atoms with Crippen LogP contribution in [0.25, 0.3) is 17.0 Å². The Morgan fingerprint density at radius 1 is 1.17 bits per heavy atom. The van der Waals surface area contributed by atoms with Gasteiger partial charge in [0.15, 0.2) is 0 Å². The lowest BCUT2D eigenvalue weighted by Crippen LogP contribution is -2.37. The number of fused-ring (bicyclic) bond motifs is 1. The van der Waals surface area contributed by atoms with Gasteiger partial charge in [0.05, 0.1) is 4.91 Å². The molecule has 2 aromatic carbocycles. The Morgan fingerprint density at radius 3 is 2.70 bits per heavy atom. The average molecular weight is 423 g/mol. The van der Waals surface area contributed by atoms with Crippen LogP contribution in [0.3, 0.4) is 0 Å². The molecule has 0 unspecified atom stereocenters. The predicted octanol–water partition coefficient (Wildman–Crippen LogP) is 4.08. The SMILES string of the molecule is Cc1ccc(/C=C2\SC(=O)N(CCNC(=O)c3cc4cc(F)ccc4[nH]3)C2=O)cc1. The number of amides is 3. The molecule has 1 aliphatic heterocycles. The molecule has 30 heavy (non-hydrogen) atoms. The van der Waals surface area contributed by atoms with Gasteiger partial charge in [-0.2, -0.15) is 0 Å². The van der Waals surface area contributed by atoms with Crippen molar-refractivity contribution in [1.29, 1.82) is 0 Å². The molecule has 1 aromatic heterocycles. The van der Waals surface area contributed by atoms with E-state index >= 15 is 0 Å². The first kappa shape index (κ1) is 19.9. The van der Waals surface area contributed by atoms with E-state index in [9.17, 15) is 18.8 Å². The zero-order chi connectivity index (χ0) is 21.3. The van der Waals surface area contributed by atoms with E-state index in [1.807, 2.05) is 31.2 Å². The lowest BCUT2D eigenvalue weighted by molar-refractivity contribution is -0.122. The molecule has 1 aliphatic rings. The van der Waals surface area contributed by atoms with Gasteiger partial charge in [0.2, 0.25) is 0 Å². The van der Waals surface area contributed by atoms with Crippen LogP contribution in [-0.2, 0) is 4.79 Å². The molecule has 2 heterocycles. The second-order valence-electron chi connectivity index (χ2n) is 6.91. The van der Waals surface area contributed by atoms with Crippen LogP contribution in [0.15, 0.2) is 53.4 Å². The van der Waals surface area contributed by atoms with Crippen molar-refractivity contribution in [2.75, 3.05) is 13.1 Å². The Balaban J connectivity index is 1.37. The largest absolute Gasteiger partial charge is 0.351 e. The van der Waals surface area contributed by atoms with Crippen LogP contribution in [0.4, 0.5) is 9.18 Å². The van der Waals surface area contributed by atoms with Crippen molar-refractivity contribution >= 4 is 45.8 Å². The predicted molar refractivity (Wildman–Crippen MR) is 114 cm³/mol. The number of nitrogens with one attached hydrogen (secondary N) is 2. The van der Waals surface area contributed by atoms with Crippen LogP contribution >= 0.6 is 11.8 Å². The number of carbonyl (C=O) groups is 3. The maximum Gasteiger partial charge on any atom is 0.293 e. The van der Waals surface area contributed by atoms with Crippen LogP contribution in [-0.4, -0.2) is 40.0 Å². The monoisotopic (exact) mass is 423 g/mol. The lowest BCUT2D eigenvalue weighted by Gasteiger charge is -2.12. The molecule has 6 nitrogen and oxygen atoms in total. The molecular formula is C22H18FN3O3S. The minimum Gasteiger partial charge on any atom is -0.351 e. The second kappa shape index (κ2) is 8.16. The van der Waals surface area contributed by atoms with Crippen LogP contribution in [0, 0.1) is 12.7 Å². The highest BCUT2D eigenvalue weighted by Gasteiger charge is 2.34. The number of hydrogen-bond acceptors (Lipinski definition) is 4. The summed E-state index contributed by atoms with van der Waals surface area (Å²) in [4.78, 5) is 41.5. The number of aryl methyl sites for hydroxylation is 1. The molecule has 3 amide bonds. The summed E-state index contributed by atoms with van der Waals surface area (Å²) in [5.41, 5.74) is 2.88. The number of thioether (sulfide) groups is 1. The molecule has 3 aromatic rings. The number of imide groups is 1. The number of rotatable bonds is 5. The fraction of sp³-hybridized carbons (Fsp3) is 0.136. The van der Waals surface area contributed by atoms with Crippen molar-refractivity contribution in [1.82, 2.24) is 15.2 Å². The molecule has 1 fully saturated rings. The number of hydrogen-bond donors (Lipinski definition) is 2. The molecule has 0 spiro atoms. The van der Waals surface area contributed by atoms with Crippen LogP contribution in [0.2, 0.25) is 0 Å². The average Bonchev–Trinajstić information content (AvgIpc) is 3.25. The molecule has 1 saturated heterocycles. The number of nitrogens with zero attached hydrogens (tertiary/aromatic N) is 1. The molecule has 152 valence electrons. The zero-order valence-corrected chi connectivity index (χ0v) is 16.9. The summed E-state index contributed by atoms with van der Waals surface area (Å²) in [6, 6.07) is 13.4. The maximum atomic E-state index is 13.3.